The third-order valence-corrected chi connectivity index (χ3v) is 5.19. The van der Waals surface area contributed by atoms with Crippen LogP contribution in [0.5, 0.6) is 0 Å². The first-order chi connectivity index (χ1) is 11.0. The second-order valence-corrected chi connectivity index (χ2v) is 6.82. The predicted octanol–water partition coefficient (Wildman–Crippen LogP) is 3.25. The first-order valence-electron chi connectivity index (χ1n) is 6.71. The average molecular weight is 328 g/mol. The Hall–Kier alpha value is -2.93. The lowest BCUT2D eigenvalue weighted by atomic mass is 10.2. The van der Waals surface area contributed by atoms with E-state index in [0.29, 0.717) is 16.5 Å². The first kappa shape index (κ1) is 15.0. The molecule has 3 rings (SSSR count). The molecule has 0 radical (unpaired) electrons. The summed E-state index contributed by atoms with van der Waals surface area (Å²) in [6.45, 7) is 0. The van der Waals surface area contributed by atoms with E-state index in [1.165, 1.54) is 30.3 Å². The number of benzene rings is 2. The van der Waals surface area contributed by atoms with Crippen molar-refractivity contribution in [2.75, 3.05) is 0 Å². The Kier molecular flexibility index (Phi) is 3.71. The summed E-state index contributed by atoms with van der Waals surface area (Å²) >= 11 is 0. The molecule has 0 fully saturated rings. The molecule has 2 aromatic carbocycles. The van der Waals surface area contributed by atoms with Gasteiger partial charge in [-0.2, -0.15) is 0 Å². The summed E-state index contributed by atoms with van der Waals surface area (Å²) in [4.78, 5) is 13.2. The predicted molar refractivity (Wildman–Crippen MR) is 86.2 cm³/mol. The summed E-state index contributed by atoms with van der Waals surface area (Å²) in [5.74, 6) is 0. The molecule has 0 aliphatic heterocycles. The van der Waals surface area contributed by atoms with Gasteiger partial charge in [0.05, 0.1) is 14.7 Å². The van der Waals surface area contributed by atoms with Crippen LogP contribution in [0.25, 0.3) is 17.0 Å². The Morgan fingerprint density at radius 1 is 1.04 bits per heavy atom. The Morgan fingerprint density at radius 3 is 2.48 bits per heavy atom. The van der Waals surface area contributed by atoms with Gasteiger partial charge in [-0.3, -0.25) is 10.1 Å². The lowest BCUT2D eigenvalue weighted by Crippen LogP contribution is -2.01. The highest BCUT2D eigenvalue weighted by molar-refractivity contribution is 7.91. The maximum Gasteiger partial charge on any atom is 0.235 e. The van der Waals surface area contributed by atoms with Gasteiger partial charge in [0.1, 0.15) is 0 Å². The number of hydrogen-bond donors (Lipinski definition) is 1. The summed E-state index contributed by atoms with van der Waals surface area (Å²) in [7, 11) is -3.63. The van der Waals surface area contributed by atoms with Crippen LogP contribution >= 0.6 is 0 Å². The number of H-pyrrole nitrogens is 1. The molecule has 1 aromatic heterocycles. The van der Waals surface area contributed by atoms with Crippen LogP contribution in [0, 0.1) is 10.1 Å². The van der Waals surface area contributed by atoms with Crippen LogP contribution < -0.4 is 0 Å². The van der Waals surface area contributed by atoms with Gasteiger partial charge in [0.25, 0.3) is 0 Å². The van der Waals surface area contributed by atoms with E-state index < -0.39 is 14.8 Å². The Labute approximate surface area is 132 Å². The maximum absolute atomic E-state index is 12.6. The summed E-state index contributed by atoms with van der Waals surface area (Å²) in [6.07, 6.45) is 3.75. The summed E-state index contributed by atoms with van der Waals surface area (Å²) in [5, 5.41) is 11.1. The standard InChI is InChI=1S/C16H12N2O4S/c19-18(20)9-8-12-11-17-16-7-6-14(10-15(12)16)23(21,22)13-4-2-1-3-5-13/h1-11,17H. The number of nitrogens with zero attached hydrogens (tertiary/aromatic N) is 1. The molecule has 0 saturated carbocycles. The second kappa shape index (κ2) is 5.69. The van der Waals surface area contributed by atoms with Crippen molar-refractivity contribution < 1.29 is 13.3 Å². The molecule has 0 atom stereocenters. The average Bonchev–Trinajstić information content (AvgIpc) is 2.96. The van der Waals surface area contributed by atoms with Crippen LogP contribution in [-0.4, -0.2) is 18.3 Å². The summed E-state index contributed by atoms with van der Waals surface area (Å²) < 4.78 is 25.3. The largest absolute Gasteiger partial charge is 0.361 e. The van der Waals surface area contributed by atoms with E-state index in [0.717, 1.165) is 6.20 Å². The van der Waals surface area contributed by atoms with Crippen LogP contribution in [0.4, 0.5) is 0 Å². The van der Waals surface area contributed by atoms with E-state index in [4.69, 9.17) is 0 Å². The fourth-order valence-corrected chi connectivity index (χ4v) is 3.61. The van der Waals surface area contributed by atoms with Crippen LogP contribution in [0.1, 0.15) is 5.56 Å². The number of aromatic amines is 1. The van der Waals surface area contributed by atoms with Gasteiger partial charge in [-0.05, 0) is 30.3 Å². The number of aromatic nitrogens is 1. The number of nitro groups is 1. The van der Waals surface area contributed by atoms with Gasteiger partial charge in [-0.1, -0.05) is 18.2 Å². The molecule has 23 heavy (non-hydrogen) atoms. The highest BCUT2D eigenvalue weighted by Gasteiger charge is 2.18. The number of rotatable bonds is 4. The monoisotopic (exact) mass is 328 g/mol. The van der Waals surface area contributed by atoms with Crippen LogP contribution in [0.15, 0.2) is 70.7 Å². The van der Waals surface area contributed by atoms with Gasteiger partial charge in [0.15, 0.2) is 0 Å². The molecule has 0 bridgehead atoms. The number of hydrogen-bond acceptors (Lipinski definition) is 4. The number of sulfone groups is 1. The lowest BCUT2D eigenvalue weighted by Gasteiger charge is -2.05. The van der Waals surface area contributed by atoms with E-state index >= 15 is 0 Å². The van der Waals surface area contributed by atoms with Crippen LogP contribution in [0.2, 0.25) is 0 Å². The highest BCUT2D eigenvalue weighted by atomic mass is 32.2. The zero-order valence-corrected chi connectivity index (χ0v) is 12.7. The Bertz CT molecular complexity index is 1000. The molecule has 0 unspecified atom stereocenters. The molecule has 6 nitrogen and oxygen atoms in total. The molecular weight excluding hydrogens is 316 g/mol. The second-order valence-electron chi connectivity index (χ2n) is 4.87. The van der Waals surface area contributed by atoms with Crippen molar-refractivity contribution in [3.8, 4) is 0 Å². The first-order valence-corrected chi connectivity index (χ1v) is 8.20. The van der Waals surface area contributed by atoms with E-state index in [1.807, 2.05) is 0 Å². The quantitative estimate of drug-likeness (QED) is 0.587. The minimum absolute atomic E-state index is 0.145. The van der Waals surface area contributed by atoms with E-state index in [2.05, 4.69) is 4.98 Å². The topological polar surface area (TPSA) is 93.1 Å². The van der Waals surface area contributed by atoms with Crippen LogP contribution in [-0.2, 0) is 9.84 Å². The third kappa shape index (κ3) is 2.86. The minimum Gasteiger partial charge on any atom is -0.361 e. The number of nitrogens with one attached hydrogen (secondary N) is 1. The van der Waals surface area contributed by atoms with E-state index in [-0.39, 0.29) is 9.79 Å². The number of fused-ring (bicyclic) bond motifs is 1. The zero-order valence-electron chi connectivity index (χ0n) is 11.8. The smallest absolute Gasteiger partial charge is 0.235 e. The fourth-order valence-electron chi connectivity index (χ4n) is 2.30. The SMILES string of the molecule is O=[N+]([O-])C=Cc1c[nH]c2ccc(S(=O)(=O)c3ccccc3)cc12. The van der Waals surface area contributed by atoms with Gasteiger partial charge in [-0.15, -0.1) is 0 Å². The van der Waals surface area contributed by atoms with Crippen molar-refractivity contribution in [2.45, 2.75) is 9.79 Å². The minimum atomic E-state index is -3.63. The van der Waals surface area contributed by atoms with Gasteiger partial charge in [-0.25, -0.2) is 8.42 Å². The Morgan fingerprint density at radius 2 is 1.78 bits per heavy atom. The highest BCUT2D eigenvalue weighted by Crippen LogP contribution is 2.27. The molecule has 0 spiro atoms. The van der Waals surface area contributed by atoms with Crippen molar-refractivity contribution in [3.63, 3.8) is 0 Å². The normalized spacial score (nSPS) is 12.0. The molecule has 0 saturated heterocycles. The van der Waals surface area contributed by atoms with Crippen molar-refractivity contribution in [1.29, 1.82) is 0 Å². The van der Waals surface area contributed by atoms with Crippen LogP contribution in [0.3, 0.4) is 0 Å². The molecule has 3 aromatic rings. The molecule has 116 valence electrons. The Balaban J connectivity index is 2.13. The molecule has 0 aliphatic rings. The van der Waals surface area contributed by atoms with E-state index in [1.54, 1.807) is 30.5 Å². The molecule has 1 N–H and O–H groups in total. The van der Waals surface area contributed by atoms with Crippen molar-refractivity contribution in [3.05, 3.63) is 76.6 Å². The zero-order chi connectivity index (χ0) is 16.4. The molecule has 1 heterocycles. The molecule has 7 heteroatoms. The third-order valence-electron chi connectivity index (χ3n) is 3.42. The van der Waals surface area contributed by atoms with Crippen molar-refractivity contribution in [1.82, 2.24) is 4.98 Å². The van der Waals surface area contributed by atoms with Crippen molar-refractivity contribution >= 4 is 26.8 Å². The lowest BCUT2D eigenvalue weighted by molar-refractivity contribution is -0.400. The molecule has 0 aliphatic carbocycles. The van der Waals surface area contributed by atoms with Crippen molar-refractivity contribution in [2.24, 2.45) is 0 Å². The molecule has 0 amide bonds. The van der Waals surface area contributed by atoms with Gasteiger partial charge < -0.3 is 4.98 Å². The summed E-state index contributed by atoms with van der Waals surface area (Å²) in [5.41, 5.74) is 1.27. The molecular formula is C16H12N2O4S. The summed E-state index contributed by atoms with van der Waals surface area (Å²) in [6, 6.07) is 12.8. The fraction of sp³-hybridized carbons (Fsp3) is 0. The van der Waals surface area contributed by atoms with Gasteiger partial charge in [0.2, 0.25) is 16.0 Å². The maximum atomic E-state index is 12.6. The van der Waals surface area contributed by atoms with E-state index in [9.17, 15) is 18.5 Å². The van der Waals surface area contributed by atoms with Gasteiger partial charge >= 0.3 is 0 Å². The van der Waals surface area contributed by atoms with Gasteiger partial charge in [0, 0.05) is 28.7 Å².